The third kappa shape index (κ3) is 6.00. The molecule has 1 aromatic carbocycles. The van der Waals surface area contributed by atoms with E-state index in [1.54, 1.807) is 36.1 Å². The number of hydrogen-bond acceptors (Lipinski definition) is 9. The number of nitrogens with zero attached hydrogens (tertiary/aromatic N) is 4. The normalized spacial score (nSPS) is 10.6. The Hall–Kier alpha value is -4.02. The van der Waals surface area contributed by atoms with Gasteiger partial charge in [-0.3, -0.25) is 14.9 Å². The van der Waals surface area contributed by atoms with Crippen LogP contribution in [0.5, 0.6) is 0 Å². The van der Waals surface area contributed by atoms with E-state index in [4.69, 9.17) is 9.15 Å². The fourth-order valence-electron chi connectivity index (χ4n) is 3.04. The summed E-state index contributed by atoms with van der Waals surface area (Å²) in [4.78, 5) is 32.9. The maximum Gasteiger partial charge on any atom is 0.353 e. The number of nitro groups is 1. The van der Waals surface area contributed by atoms with Gasteiger partial charge in [0.2, 0.25) is 11.6 Å². The first kappa shape index (κ1) is 22.7. The molecule has 0 radical (unpaired) electrons. The Morgan fingerprint density at radius 3 is 2.84 bits per heavy atom. The van der Waals surface area contributed by atoms with Gasteiger partial charge >= 0.3 is 11.7 Å². The number of ether oxygens (including phenoxy) is 1. The van der Waals surface area contributed by atoms with Crippen LogP contribution in [0.25, 0.3) is 0 Å². The van der Waals surface area contributed by atoms with Crippen LogP contribution < -0.4 is 10.2 Å². The molecule has 1 N–H and O–H groups in total. The van der Waals surface area contributed by atoms with Crippen LogP contribution in [0.3, 0.4) is 0 Å². The van der Waals surface area contributed by atoms with E-state index in [1.165, 1.54) is 24.7 Å². The Kier molecular flexibility index (Phi) is 7.68. The SMILES string of the molecule is CCOC(=O)CCN(Cc1ccco1)c1ncnc(NCc2cccc(F)c2)c1[N+](=O)[O-]. The Balaban J connectivity index is 1.89. The van der Waals surface area contributed by atoms with E-state index >= 15 is 0 Å². The van der Waals surface area contributed by atoms with Gasteiger partial charge in [0, 0.05) is 13.1 Å². The number of carbonyl (C=O) groups excluding carboxylic acids is 1. The van der Waals surface area contributed by atoms with Crippen molar-refractivity contribution in [1.29, 1.82) is 0 Å². The molecule has 32 heavy (non-hydrogen) atoms. The zero-order valence-electron chi connectivity index (χ0n) is 17.4. The number of carbonyl (C=O) groups is 1. The van der Waals surface area contributed by atoms with Crippen molar-refractivity contribution in [1.82, 2.24) is 9.97 Å². The van der Waals surface area contributed by atoms with Crippen molar-refractivity contribution >= 4 is 23.3 Å². The topological polar surface area (TPSA) is 124 Å². The summed E-state index contributed by atoms with van der Waals surface area (Å²) in [6.07, 6.45) is 2.68. The molecule has 0 saturated heterocycles. The second-order valence-corrected chi connectivity index (χ2v) is 6.69. The van der Waals surface area contributed by atoms with Gasteiger partial charge in [-0.1, -0.05) is 12.1 Å². The van der Waals surface area contributed by atoms with Gasteiger partial charge in [0.25, 0.3) is 0 Å². The molecule has 0 aliphatic carbocycles. The third-order valence-corrected chi connectivity index (χ3v) is 4.45. The molecule has 0 fully saturated rings. The minimum atomic E-state index is -0.595. The molecule has 0 unspecified atom stereocenters. The molecular formula is C21H22FN5O5. The predicted octanol–water partition coefficient (Wildman–Crippen LogP) is 3.69. The number of furan rings is 1. The van der Waals surface area contributed by atoms with Crippen LogP contribution in [0.15, 0.2) is 53.4 Å². The number of hydrogen-bond donors (Lipinski definition) is 1. The van der Waals surface area contributed by atoms with Crippen LogP contribution in [0, 0.1) is 15.9 Å². The quantitative estimate of drug-likeness (QED) is 0.268. The lowest BCUT2D eigenvalue weighted by atomic mass is 10.2. The Bertz CT molecular complexity index is 1060. The standard InChI is InChI=1S/C21H22FN5O5/c1-2-31-18(28)8-9-26(13-17-7-4-10-32-17)21-19(27(29)30)20(24-14-25-21)23-12-15-5-3-6-16(22)11-15/h3-7,10-11,14H,2,8-9,12-13H2,1H3,(H,23,24,25). The summed E-state index contributed by atoms with van der Waals surface area (Å²) in [7, 11) is 0. The van der Waals surface area contributed by atoms with Crippen molar-refractivity contribution in [3.05, 3.63) is 76.2 Å². The van der Waals surface area contributed by atoms with Crippen molar-refractivity contribution in [2.75, 3.05) is 23.4 Å². The van der Waals surface area contributed by atoms with E-state index in [1.807, 2.05) is 0 Å². The van der Waals surface area contributed by atoms with E-state index in [0.717, 1.165) is 0 Å². The number of benzene rings is 1. The van der Waals surface area contributed by atoms with Gasteiger partial charge in [-0.2, -0.15) is 0 Å². The molecule has 10 nitrogen and oxygen atoms in total. The first-order valence-corrected chi connectivity index (χ1v) is 9.88. The van der Waals surface area contributed by atoms with Crippen molar-refractivity contribution in [2.45, 2.75) is 26.4 Å². The lowest BCUT2D eigenvalue weighted by molar-refractivity contribution is -0.383. The zero-order chi connectivity index (χ0) is 22.9. The Morgan fingerprint density at radius 2 is 2.16 bits per heavy atom. The van der Waals surface area contributed by atoms with Crippen LogP contribution in [-0.4, -0.2) is 34.0 Å². The summed E-state index contributed by atoms with van der Waals surface area (Å²) in [5.41, 5.74) is 0.230. The highest BCUT2D eigenvalue weighted by Gasteiger charge is 2.28. The molecule has 0 saturated carbocycles. The molecule has 2 aromatic heterocycles. The first-order chi connectivity index (χ1) is 15.5. The van der Waals surface area contributed by atoms with Gasteiger partial charge in [-0.05, 0) is 36.8 Å². The molecule has 0 atom stereocenters. The highest BCUT2D eigenvalue weighted by molar-refractivity contribution is 5.73. The summed E-state index contributed by atoms with van der Waals surface area (Å²) in [6.45, 7) is 2.31. The highest BCUT2D eigenvalue weighted by Crippen LogP contribution is 2.33. The van der Waals surface area contributed by atoms with E-state index in [-0.39, 0.29) is 50.0 Å². The summed E-state index contributed by atoms with van der Waals surface area (Å²) in [5, 5.41) is 14.8. The highest BCUT2D eigenvalue weighted by atomic mass is 19.1. The number of anilines is 2. The number of nitrogens with one attached hydrogen (secondary N) is 1. The average Bonchev–Trinajstić information content (AvgIpc) is 3.28. The molecule has 0 amide bonds. The smallest absolute Gasteiger partial charge is 0.353 e. The Morgan fingerprint density at radius 1 is 1.31 bits per heavy atom. The number of halogens is 1. The maximum absolute atomic E-state index is 13.4. The molecular weight excluding hydrogens is 421 g/mol. The summed E-state index contributed by atoms with van der Waals surface area (Å²) in [6, 6.07) is 9.28. The fourth-order valence-corrected chi connectivity index (χ4v) is 3.04. The van der Waals surface area contributed by atoms with Crippen LogP contribution in [0.2, 0.25) is 0 Å². The van der Waals surface area contributed by atoms with Crippen molar-refractivity contribution in [3.8, 4) is 0 Å². The summed E-state index contributed by atoms with van der Waals surface area (Å²) >= 11 is 0. The second-order valence-electron chi connectivity index (χ2n) is 6.69. The number of aromatic nitrogens is 2. The fraction of sp³-hybridized carbons (Fsp3) is 0.286. The zero-order valence-corrected chi connectivity index (χ0v) is 17.4. The van der Waals surface area contributed by atoms with Gasteiger partial charge in [0.05, 0.1) is 30.8 Å². The largest absolute Gasteiger partial charge is 0.467 e. The van der Waals surface area contributed by atoms with E-state index in [2.05, 4.69) is 15.3 Å². The summed E-state index contributed by atoms with van der Waals surface area (Å²) in [5.74, 6) is -0.308. The van der Waals surface area contributed by atoms with Gasteiger partial charge in [-0.25, -0.2) is 14.4 Å². The van der Waals surface area contributed by atoms with Crippen molar-refractivity contribution in [3.63, 3.8) is 0 Å². The lowest BCUT2D eigenvalue weighted by Crippen LogP contribution is -2.28. The van der Waals surface area contributed by atoms with Crippen LogP contribution in [0.1, 0.15) is 24.7 Å². The molecule has 0 spiro atoms. The lowest BCUT2D eigenvalue weighted by Gasteiger charge is -2.22. The summed E-state index contributed by atoms with van der Waals surface area (Å²) < 4.78 is 23.8. The van der Waals surface area contributed by atoms with Crippen LogP contribution in [0.4, 0.5) is 21.7 Å². The van der Waals surface area contributed by atoms with Gasteiger partial charge in [-0.15, -0.1) is 0 Å². The molecule has 3 aromatic rings. The molecule has 0 bridgehead atoms. The predicted molar refractivity (Wildman–Crippen MR) is 113 cm³/mol. The molecule has 0 aliphatic rings. The minimum absolute atomic E-state index is 0.00175. The van der Waals surface area contributed by atoms with Crippen LogP contribution >= 0.6 is 0 Å². The first-order valence-electron chi connectivity index (χ1n) is 9.88. The second kappa shape index (κ2) is 10.8. The van der Waals surface area contributed by atoms with E-state index < -0.39 is 16.7 Å². The molecule has 0 aliphatic heterocycles. The van der Waals surface area contributed by atoms with E-state index in [9.17, 15) is 19.3 Å². The maximum atomic E-state index is 13.4. The molecule has 2 heterocycles. The minimum Gasteiger partial charge on any atom is -0.467 e. The molecule has 3 rings (SSSR count). The van der Waals surface area contributed by atoms with Gasteiger partial charge < -0.3 is 19.4 Å². The van der Waals surface area contributed by atoms with Gasteiger partial charge in [0.1, 0.15) is 17.9 Å². The van der Waals surface area contributed by atoms with Crippen molar-refractivity contribution in [2.24, 2.45) is 0 Å². The molecule has 11 heteroatoms. The van der Waals surface area contributed by atoms with E-state index in [0.29, 0.717) is 11.3 Å². The van der Waals surface area contributed by atoms with Crippen molar-refractivity contribution < 1.29 is 23.3 Å². The molecule has 168 valence electrons. The Labute approximate surface area is 183 Å². The average molecular weight is 443 g/mol. The number of rotatable bonds is 11. The third-order valence-electron chi connectivity index (χ3n) is 4.45. The monoisotopic (exact) mass is 443 g/mol. The van der Waals surface area contributed by atoms with Gasteiger partial charge in [0.15, 0.2) is 0 Å². The number of esters is 1. The van der Waals surface area contributed by atoms with Crippen LogP contribution in [-0.2, 0) is 22.6 Å².